The van der Waals surface area contributed by atoms with Crippen LogP contribution in [-0.2, 0) is 4.79 Å². The quantitative estimate of drug-likeness (QED) is 0.545. The zero-order valence-electron chi connectivity index (χ0n) is 16.4. The van der Waals surface area contributed by atoms with Crippen molar-refractivity contribution in [1.82, 2.24) is 20.4 Å². The fourth-order valence-electron chi connectivity index (χ4n) is 2.88. The van der Waals surface area contributed by atoms with Gasteiger partial charge in [-0.1, -0.05) is 12.1 Å². The van der Waals surface area contributed by atoms with Gasteiger partial charge in [-0.25, -0.2) is 4.39 Å². The normalized spacial score (nSPS) is 16.7. The van der Waals surface area contributed by atoms with E-state index in [1.807, 2.05) is 11.8 Å². The lowest BCUT2D eigenvalue weighted by Gasteiger charge is -2.34. The molecule has 2 rings (SSSR count). The molecule has 1 amide bonds. The molecule has 0 radical (unpaired) electrons. The smallest absolute Gasteiger partial charge is 0.219 e. The summed E-state index contributed by atoms with van der Waals surface area (Å²) in [6.45, 7) is 8.98. The summed E-state index contributed by atoms with van der Waals surface area (Å²) in [5.74, 6) is 0.710. The average Bonchev–Trinajstić information content (AvgIpc) is 2.66. The monoisotopic (exact) mass is 379 g/mol. The lowest BCUT2D eigenvalue weighted by Crippen LogP contribution is -2.50. The number of amides is 1. The average molecular weight is 379 g/mol. The van der Waals surface area contributed by atoms with Gasteiger partial charge in [-0.05, 0) is 19.1 Å². The fraction of sp³-hybridized carbons (Fsp3) is 0.579. The Hall–Kier alpha value is -2.35. The molecule has 1 unspecified atom stereocenters. The molecule has 1 saturated heterocycles. The van der Waals surface area contributed by atoms with E-state index in [1.54, 1.807) is 32.2 Å². The van der Waals surface area contributed by atoms with Gasteiger partial charge in [-0.15, -0.1) is 0 Å². The van der Waals surface area contributed by atoms with Crippen LogP contribution in [0.25, 0.3) is 0 Å². The van der Waals surface area contributed by atoms with E-state index in [-0.39, 0.29) is 23.6 Å². The Kier molecular flexibility index (Phi) is 8.32. The van der Waals surface area contributed by atoms with E-state index in [0.717, 1.165) is 39.3 Å². The van der Waals surface area contributed by atoms with E-state index in [1.165, 1.54) is 6.07 Å². The van der Waals surface area contributed by atoms with E-state index in [4.69, 9.17) is 4.74 Å². The molecule has 1 heterocycles. The molecule has 2 N–H and O–H groups in total. The van der Waals surface area contributed by atoms with E-state index >= 15 is 0 Å². The molecular formula is C19H30FN5O2. The van der Waals surface area contributed by atoms with Crippen LogP contribution in [0.1, 0.15) is 13.8 Å². The second kappa shape index (κ2) is 10.7. The Bertz CT molecular complexity index is 632. The Morgan fingerprint density at radius 2 is 1.96 bits per heavy atom. The van der Waals surface area contributed by atoms with E-state index in [0.29, 0.717) is 12.5 Å². The minimum absolute atomic E-state index is 0.143. The van der Waals surface area contributed by atoms with Crippen molar-refractivity contribution in [2.24, 2.45) is 4.99 Å². The van der Waals surface area contributed by atoms with Gasteiger partial charge in [0.15, 0.2) is 17.5 Å². The molecule has 0 aromatic heterocycles. The van der Waals surface area contributed by atoms with Crippen molar-refractivity contribution in [3.8, 4) is 5.75 Å². The molecule has 0 aliphatic carbocycles. The van der Waals surface area contributed by atoms with Crippen LogP contribution < -0.4 is 15.4 Å². The summed E-state index contributed by atoms with van der Waals surface area (Å²) in [6.07, 6.45) is -0.208. The molecule has 7 nitrogen and oxygen atoms in total. The number of hydrogen-bond donors (Lipinski definition) is 2. The van der Waals surface area contributed by atoms with E-state index in [2.05, 4.69) is 20.5 Å². The van der Waals surface area contributed by atoms with Gasteiger partial charge in [-0.2, -0.15) is 0 Å². The summed E-state index contributed by atoms with van der Waals surface area (Å²) in [5, 5.41) is 6.46. The summed E-state index contributed by atoms with van der Waals surface area (Å²) in [6, 6.07) is 6.38. The number of nitrogens with one attached hydrogen (secondary N) is 2. The Balaban J connectivity index is 1.64. The molecule has 1 aromatic carbocycles. The molecule has 1 aliphatic rings. The standard InChI is InChI=1S/C19H30FN5O2/c1-15(27-18-7-5-4-6-17(18)20)14-23-19(21-3)22-8-9-24-10-12-25(13-11-24)16(2)26/h4-7,15H,8-14H2,1-3H3,(H2,21,22,23). The third kappa shape index (κ3) is 7.05. The van der Waals surface area contributed by atoms with Crippen LogP contribution in [0.15, 0.2) is 29.3 Å². The van der Waals surface area contributed by atoms with Gasteiger partial charge >= 0.3 is 0 Å². The predicted octanol–water partition coefficient (Wildman–Crippen LogP) is 0.922. The summed E-state index contributed by atoms with van der Waals surface area (Å²) >= 11 is 0. The van der Waals surface area contributed by atoms with Crippen molar-refractivity contribution in [3.63, 3.8) is 0 Å². The van der Waals surface area contributed by atoms with Crippen molar-refractivity contribution in [1.29, 1.82) is 0 Å². The van der Waals surface area contributed by atoms with Gasteiger partial charge in [0.05, 0.1) is 6.54 Å². The van der Waals surface area contributed by atoms with Gasteiger partial charge < -0.3 is 20.3 Å². The number of halogens is 1. The molecule has 1 atom stereocenters. The molecular weight excluding hydrogens is 349 g/mol. The predicted molar refractivity (Wildman–Crippen MR) is 105 cm³/mol. The molecule has 27 heavy (non-hydrogen) atoms. The van der Waals surface area contributed by atoms with E-state index < -0.39 is 0 Å². The first-order chi connectivity index (χ1) is 13.0. The molecule has 8 heteroatoms. The molecule has 1 aromatic rings. The summed E-state index contributed by atoms with van der Waals surface area (Å²) in [5.41, 5.74) is 0. The van der Waals surface area contributed by atoms with Crippen molar-refractivity contribution >= 4 is 11.9 Å². The summed E-state index contributed by atoms with van der Waals surface area (Å²) in [7, 11) is 1.71. The number of benzene rings is 1. The van der Waals surface area contributed by atoms with Crippen molar-refractivity contribution in [3.05, 3.63) is 30.1 Å². The highest BCUT2D eigenvalue weighted by atomic mass is 19.1. The summed E-state index contributed by atoms with van der Waals surface area (Å²) < 4.78 is 19.2. The topological polar surface area (TPSA) is 69.2 Å². The van der Waals surface area contributed by atoms with Gasteiger partial charge in [0.25, 0.3) is 0 Å². The van der Waals surface area contributed by atoms with Crippen molar-refractivity contribution in [2.75, 3.05) is 52.9 Å². The number of rotatable bonds is 7. The molecule has 0 saturated carbocycles. The fourth-order valence-corrected chi connectivity index (χ4v) is 2.88. The maximum absolute atomic E-state index is 13.6. The number of hydrogen-bond acceptors (Lipinski definition) is 4. The van der Waals surface area contributed by atoms with Crippen LogP contribution in [0, 0.1) is 5.82 Å². The minimum atomic E-state index is -0.364. The number of nitrogens with zero attached hydrogens (tertiary/aromatic N) is 3. The Labute approximate surface area is 160 Å². The number of ether oxygens (including phenoxy) is 1. The van der Waals surface area contributed by atoms with Crippen LogP contribution in [0.5, 0.6) is 5.75 Å². The highest BCUT2D eigenvalue weighted by Crippen LogP contribution is 2.16. The van der Waals surface area contributed by atoms with Crippen LogP contribution in [0.2, 0.25) is 0 Å². The second-order valence-electron chi connectivity index (χ2n) is 6.59. The van der Waals surface area contributed by atoms with E-state index in [9.17, 15) is 9.18 Å². The molecule has 0 bridgehead atoms. The van der Waals surface area contributed by atoms with Crippen LogP contribution in [0.3, 0.4) is 0 Å². The zero-order chi connectivity index (χ0) is 19.6. The zero-order valence-corrected chi connectivity index (χ0v) is 16.4. The van der Waals surface area contributed by atoms with Crippen LogP contribution in [0.4, 0.5) is 4.39 Å². The lowest BCUT2D eigenvalue weighted by molar-refractivity contribution is -0.130. The first-order valence-corrected chi connectivity index (χ1v) is 9.33. The van der Waals surface area contributed by atoms with Gasteiger partial charge in [0.1, 0.15) is 6.10 Å². The number of guanidine groups is 1. The SMILES string of the molecule is CN=C(NCCN1CCN(C(C)=O)CC1)NCC(C)Oc1ccccc1F. The second-order valence-corrected chi connectivity index (χ2v) is 6.59. The number of para-hydroxylation sites is 1. The van der Waals surface area contributed by atoms with Crippen molar-refractivity contribution < 1.29 is 13.9 Å². The number of piperazine rings is 1. The third-order valence-electron chi connectivity index (χ3n) is 4.48. The maximum Gasteiger partial charge on any atom is 0.219 e. The largest absolute Gasteiger partial charge is 0.486 e. The van der Waals surface area contributed by atoms with Crippen LogP contribution in [-0.4, -0.2) is 80.6 Å². The Morgan fingerprint density at radius 3 is 2.59 bits per heavy atom. The maximum atomic E-state index is 13.6. The number of aliphatic imine (C=N–C) groups is 1. The highest BCUT2D eigenvalue weighted by molar-refractivity contribution is 5.79. The van der Waals surface area contributed by atoms with Crippen LogP contribution >= 0.6 is 0 Å². The highest BCUT2D eigenvalue weighted by Gasteiger charge is 2.18. The van der Waals surface area contributed by atoms with Gasteiger partial charge in [-0.3, -0.25) is 14.7 Å². The number of carbonyl (C=O) groups excluding carboxylic acids is 1. The molecule has 1 fully saturated rings. The lowest BCUT2D eigenvalue weighted by atomic mass is 10.3. The first kappa shape index (κ1) is 21.0. The van der Waals surface area contributed by atoms with Crippen molar-refractivity contribution in [2.45, 2.75) is 20.0 Å². The molecule has 150 valence electrons. The molecule has 1 aliphatic heterocycles. The first-order valence-electron chi connectivity index (χ1n) is 9.33. The van der Waals surface area contributed by atoms with Gasteiger partial charge in [0.2, 0.25) is 5.91 Å². The molecule has 0 spiro atoms. The Morgan fingerprint density at radius 1 is 1.26 bits per heavy atom. The van der Waals surface area contributed by atoms with Gasteiger partial charge in [0, 0.05) is 53.2 Å². The summed E-state index contributed by atoms with van der Waals surface area (Å²) in [4.78, 5) is 19.7. The third-order valence-corrected chi connectivity index (χ3v) is 4.48. The number of carbonyl (C=O) groups is 1. The minimum Gasteiger partial charge on any atom is -0.486 e.